The van der Waals surface area contributed by atoms with Crippen LogP contribution in [0.2, 0.25) is 0 Å². The van der Waals surface area contributed by atoms with E-state index >= 15 is 0 Å². The molecule has 0 spiro atoms. The van der Waals surface area contributed by atoms with Crippen LogP contribution in [0.1, 0.15) is 0 Å². The predicted octanol–water partition coefficient (Wildman–Crippen LogP) is 3.71. The molecule has 0 rings (SSSR count). The van der Waals surface area contributed by atoms with Gasteiger partial charge >= 0.3 is 0 Å². The van der Waals surface area contributed by atoms with E-state index in [1.165, 1.54) is 0 Å². The van der Waals surface area contributed by atoms with Crippen LogP contribution < -0.4 is 0 Å². The fourth-order valence-electron chi connectivity index (χ4n) is 0.835. The molecule has 0 saturated heterocycles. The second-order valence-electron chi connectivity index (χ2n) is 3.28. The molecule has 0 N–H and O–H groups in total. The van der Waals surface area contributed by atoms with Crippen molar-refractivity contribution in [2.24, 2.45) is 0 Å². The van der Waals surface area contributed by atoms with E-state index in [9.17, 15) is 4.21 Å². The van der Waals surface area contributed by atoms with Crippen LogP contribution >= 0.6 is 11.6 Å². The maximum absolute atomic E-state index is 12.3. The molecule has 0 aromatic heterocycles. The van der Waals surface area contributed by atoms with Crippen LogP contribution in [0, 0.1) is 0 Å². The fourth-order valence-corrected chi connectivity index (χ4v) is 2.00. The topological polar surface area (TPSA) is 17.1 Å². The molecule has 0 fully saturated rings. The predicted molar refractivity (Wildman–Crippen MR) is 77.2 cm³/mol. The molecule has 0 aliphatic rings. The number of hydrogen-bond donors (Lipinski definition) is 1. The Balaban J connectivity index is 4.92. The zero-order chi connectivity index (χ0) is 12.8. The van der Waals surface area contributed by atoms with Gasteiger partial charge in [0.25, 0.3) is 0 Å². The van der Waals surface area contributed by atoms with Crippen LogP contribution in [0.15, 0.2) is 71.5 Å². The van der Waals surface area contributed by atoms with Crippen LogP contribution in [0.3, 0.4) is 0 Å². The lowest BCUT2D eigenvalue weighted by atomic mass is 10.5. The average molecular weight is 257 g/mol. The van der Waals surface area contributed by atoms with Gasteiger partial charge in [-0.1, -0.05) is 60.0 Å². The molecule has 0 aliphatic heterocycles. The Hall–Kier alpha value is -1.12. The van der Waals surface area contributed by atoms with E-state index in [1.807, 2.05) is 0 Å². The van der Waals surface area contributed by atoms with Crippen LogP contribution in [0.5, 0.6) is 0 Å². The van der Waals surface area contributed by atoms with Crippen molar-refractivity contribution in [2.75, 3.05) is 6.26 Å². The van der Waals surface area contributed by atoms with Crippen molar-refractivity contribution in [1.29, 1.82) is 0 Å². The van der Waals surface area contributed by atoms with E-state index in [0.717, 1.165) is 0 Å². The van der Waals surface area contributed by atoms with Crippen molar-refractivity contribution in [1.82, 2.24) is 0 Å². The summed E-state index contributed by atoms with van der Waals surface area (Å²) in [5, 5.41) is 0.369. The molecule has 0 bridgehead atoms. The highest BCUT2D eigenvalue weighted by atomic mass is 35.5. The van der Waals surface area contributed by atoms with Crippen LogP contribution in [0.4, 0.5) is 0 Å². The highest BCUT2D eigenvalue weighted by Crippen LogP contribution is 2.23. The van der Waals surface area contributed by atoms with E-state index < -0.39 is 9.93 Å². The van der Waals surface area contributed by atoms with E-state index in [-0.39, 0.29) is 0 Å². The summed E-state index contributed by atoms with van der Waals surface area (Å²) in [7, 11) is -2.67. The van der Waals surface area contributed by atoms with Crippen molar-refractivity contribution in [3.05, 3.63) is 71.5 Å². The average Bonchev–Trinajstić information content (AvgIpc) is 2.21. The largest absolute Gasteiger partial charge is 0.276 e. The number of rotatable bonds is 6. The normalized spacial score (nSPS) is 12.9. The zero-order valence-electron chi connectivity index (χ0n) is 9.45. The first-order chi connectivity index (χ1) is 7.32. The van der Waals surface area contributed by atoms with Crippen molar-refractivity contribution in [2.45, 2.75) is 0 Å². The lowest BCUT2D eigenvalue weighted by Gasteiger charge is -2.19. The van der Waals surface area contributed by atoms with Gasteiger partial charge in [-0.15, -0.1) is 0 Å². The quantitative estimate of drug-likeness (QED) is 0.566. The van der Waals surface area contributed by atoms with Crippen LogP contribution in [0.25, 0.3) is 0 Å². The third kappa shape index (κ3) is 4.60. The molecule has 0 radical (unpaired) electrons. The Morgan fingerprint density at radius 2 is 1.62 bits per heavy atom. The second-order valence-corrected chi connectivity index (χ2v) is 6.76. The first-order valence-electron chi connectivity index (χ1n) is 4.60. The summed E-state index contributed by atoms with van der Waals surface area (Å²) in [6.07, 6.45) is 9.74. The van der Waals surface area contributed by atoms with Gasteiger partial charge in [-0.3, -0.25) is 4.21 Å². The number of halogens is 1. The second kappa shape index (κ2) is 6.46. The minimum absolute atomic E-state index is 0.369. The third-order valence-corrected chi connectivity index (χ3v) is 4.59. The molecule has 1 nitrogen and oxygen atoms in total. The Morgan fingerprint density at radius 1 is 1.12 bits per heavy atom. The lowest BCUT2D eigenvalue weighted by Crippen LogP contribution is -2.11. The van der Waals surface area contributed by atoms with E-state index in [2.05, 4.69) is 26.3 Å². The summed E-state index contributed by atoms with van der Waals surface area (Å²) < 4.78 is 12.3. The maximum atomic E-state index is 12.3. The van der Waals surface area contributed by atoms with Crippen LogP contribution in [-0.4, -0.2) is 10.5 Å². The standard InChI is InChI=1S/C13H17ClOS/c1-6-7-8-12(3)16(5,15)13(4)10-9-11(2)14/h6-10,16H,1-4H2,5H3/b8-7-,10-9-. The third-order valence-electron chi connectivity index (χ3n) is 1.98. The van der Waals surface area contributed by atoms with Gasteiger partial charge in [-0.05, 0) is 24.5 Å². The first-order valence-corrected chi connectivity index (χ1v) is 7.13. The van der Waals surface area contributed by atoms with Crippen LogP contribution in [-0.2, 0) is 9.93 Å². The molecule has 0 saturated carbocycles. The minimum atomic E-state index is -2.67. The summed E-state index contributed by atoms with van der Waals surface area (Å²) in [6.45, 7) is 14.6. The van der Waals surface area contributed by atoms with E-state index in [4.69, 9.17) is 11.6 Å². The van der Waals surface area contributed by atoms with Crippen molar-refractivity contribution < 1.29 is 4.21 Å². The molecule has 0 heterocycles. The Labute approximate surface area is 104 Å². The molecule has 16 heavy (non-hydrogen) atoms. The molecule has 0 aromatic carbocycles. The Kier molecular flexibility index (Phi) is 6.01. The summed E-state index contributed by atoms with van der Waals surface area (Å²) in [5.74, 6) is 0. The van der Waals surface area contributed by atoms with Gasteiger partial charge in [0.1, 0.15) is 0 Å². The van der Waals surface area contributed by atoms with Crippen molar-refractivity contribution >= 4 is 21.5 Å². The van der Waals surface area contributed by atoms with Gasteiger partial charge < -0.3 is 0 Å². The molecule has 0 amide bonds. The molecule has 0 aliphatic carbocycles. The van der Waals surface area contributed by atoms with Gasteiger partial charge in [-0.2, -0.15) is 0 Å². The van der Waals surface area contributed by atoms with E-state index in [1.54, 1.807) is 36.6 Å². The highest BCUT2D eigenvalue weighted by Gasteiger charge is 2.12. The van der Waals surface area contributed by atoms with Gasteiger partial charge in [0.05, 0.1) is 0 Å². The Bertz CT molecular complexity index is 427. The van der Waals surface area contributed by atoms with Gasteiger partial charge in [0.2, 0.25) is 0 Å². The fraction of sp³-hybridized carbons (Fsp3) is 0.0769. The van der Waals surface area contributed by atoms with E-state index in [0.29, 0.717) is 14.8 Å². The molecule has 0 atom stereocenters. The first kappa shape index (κ1) is 14.9. The van der Waals surface area contributed by atoms with Crippen molar-refractivity contribution in [3.63, 3.8) is 0 Å². The molecule has 3 heteroatoms. The van der Waals surface area contributed by atoms with Gasteiger partial charge in [0.15, 0.2) is 0 Å². The number of thiol groups is 1. The molecule has 0 aromatic rings. The summed E-state index contributed by atoms with van der Waals surface area (Å²) >= 11 is 5.57. The Morgan fingerprint density at radius 3 is 2.06 bits per heavy atom. The number of hydrogen-bond acceptors (Lipinski definition) is 1. The summed E-state index contributed by atoms with van der Waals surface area (Å²) in [5.41, 5.74) is 0. The highest BCUT2D eigenvalue weighted by molar-refractivity contribution is 8.09. The molecule has 88 valence electrons. The summed E-state index contributed by atoms with van der Waals surface area (Å²) in [4.78, 5) is 1.02. The lowest BCUT2D eigenvalue weighted by molar-refractivity contribution is 0.684. The minimum Gasteiger partial charge on any atom is -0.276 e. The summed E-state index contributed by atoms with van der Waals surface area (Å²) in [6, 6.07) is 0. The van der Waals surface area contributed by atoms with Gasteiger partial charge in [0, 0.05) is 14.8 Å². The van der Waals surface area contributed by atoms with Crippen molar-refractivity contribution in [3.8, 4) is 0 Å². The molecular weight excluding hydrogens is 240 g/mol. The molecule has 0 unspecified atom stereocenters. The van der Waals surface area contributed by atoms with Gasteiger partial charge in [-0.25, -0.2) is 0 Å². The number of allylic oxidation sites excluding steroid dienone is 6. The maximum Gasteiger partial charge on any atom is 0.0334 e. The monoisotopic (exact) mass is 256 g/mol. The SMILES string of the molecule is C=C/C=C\C(=C)[SH](C)(=O)C(=C)/C=C\C(=C)Cl. The molecular formula is C13H17ClOS. The smallest absolute Gasteiger partial charge is 0.0334 e. The zero-order valence-corrected chi connectivity index (χ0v) is 11.1.